The van der Waals surface area contributed by atoms with Crippen LogP contribution in [0, 0.1) is 5.82 Å². The van der Waals surface area contributed by atoms with Gasteiger partial charge < -0.3 is 5.32 Å². The third-order valence-electron chi connectivity index (χ3n) is 4.87. The highest BCUT2D eigenvalue weighted by atomic mass is 19.1. The summed E-state index contributed by atoms with van der Waals surface area (Å²) in [5, 5.41) is 3.69. The zero-order valence-electron chi connectivity index (χ0n) is 13.1. The molecule has 3 unspecified atom stereocenters. The molecule has 0 saturated carbocycles. The largest absolute Gasteiger partial charge is 0.309 e. The Kier molecular flexibility index (Phi) is 4.82. The van der Waals surface area contributed by atoms with Crippen molar-refractivity contribution in [3.05, 3.63) is 35.6 Å². The summed E-state index contributed by atoms with van der Waals surface area (Å²) >= 11 is 0. The van der Waals surface area contributed by atoms with Crippen molar-refractivity contribution in [1.82, 2.24) is 10.2 Å². The minimum Gasteiger partial charge on any atom is -0.309 e. The molecule has 1 aliphatic heterocycles. The molecule has 1 aliphatic rings. The molecule has 3 heteroatoms. The van der Waals surface area contributed by atoms with Crippen LogP contribution in [0.15, 0.2) is 24.3 Å². The van der Waals surface area contributed by atoms with Crippen molar-refractivity contribution in [2.45, 2.75) is 58.2 Å². The summed E-state index contributed by atoms with van der Waals surface area (Å²) in [5.74, 6) is -0.160. The summed E-state index contributed by atoms with van der Waals surface area (Å²) < 4.78 is 13.1. The van der Waals surface area contributed by atoms with Crippen LogP contribution in [0.4, 0.5) is 4.39 Å². The predicted molar refractivity (Wildman–Crippen MR) is 82.3 cm³/mol. The van der Waals surface area contributed by atoms with E-state index in [1.54, 1.807) is 12.1 Å². The molecule has 2 rings (SSSR count). The number of nitrogens with one attached hydrogen (secondary N) is 1. The number of nitrogens with zero attached hydrogens (tertiary/aromatic N) is 1. The third-order valence-corrected chi connectivity index (χ3v) is 4.87. The normalized spacial score (nSPS) is 29.4. The van der Waals surface area contributed by atoms with Crippen molar-refractivity contribution in [2.24, 2.45) is 0 Å². The first-order valence-corrected chi connectivity index (χ1v) is 7.75. The molecule has 112 valence electrons. The van der Waals surface area contributed by atoms with Crippen LogP contribution in [-0.2, 0) is 0 Å². The quantitative estimate of drug-likeness (QED) is 0.902. The Balaban J connectivity index is 2.19. The molecule has 0 bridgehead atoms. The van der Waals surface area contributed by atoms with E-state index in [1.807, 2.05) is 12.1 Å². The second kappa shape index (κ2) is 6.23. The number of hydrogen-bond donors (Lipinski definition) is 1. The SMILES string of the molecule is CCC1CNC(C)(CC)CN1C(C)c1ccc(F)cc1. The molecule has 0 radical (unpaired) electrons. The first-order valence-electron chi connectivity index (χ1n) is 7.75. The number of rotatable bonds is 4. The van der Waals surface area contributed by atoms with Gasteiger partial charge in [-0.3, -0.25) is 4.90 Å². The Hall–Kier alpha value is -0.930. The summed E-state index contributed by atoms with van der Waals surface area (Å²) in [4.78, 5) is 2.58. The fourth-order valence-electron chi connectivity index (χ4n) is 3.07. The minimum atomic E-state index is -0.160. The number of halogens is 1. The molecular formula is C17H27FN2. The molecule has 0 aliphatic carbocycles. The van der Waals surface area contributed by atoms with Crippen LogP contribution in [0.2, 0.25) is 0 Å². The number of hydrogen-bond acceptors (Lipinski definition) is 2. The van der Waals surface area contributed by atoms with E-state index in [9.17, 15) is 4.39 Å². The van der Waals surface area contributed by atoms with Gasteiger partial charge in [0.15, 0.2) is 0 Å². The van der Waals surface area contributed by atoms with Gasteiger partial charge in [-0.05, 0) is 44.4 Å². The monoisotopic (exact) mass is 278 g/mol. The second-order valence-electron chi connectivity index (χ2n) is 6.26. The molecule has 1 heterocycles. The van der Waals surface area contributed by atoms with E-state index in [4.69, 9.17) is 0 Å². The van der Waals surface area contributed by atoms with Crippen LogP contribution in [0.5, 0.6) is 0 Å². The smallest absolute Gasteiger partial charge is 0.123 e. The highest BCUT2D eigenvalue weighted by Crippen LogP contribution is 2.29. The minimum absolute atomic E-state index is 0.160. The lowest BCUT2D eigenvalue weighted by Crippen LogP contribution is -2.62. The molecule has 20 heavy (non-hydrogen) atoms. The first kappa shape index (κ1) is 15.5. The zero-order valence-corrected chi connectivity index (χ0v) is 13.1. The van der Waals surface area contributed by atoms with Gasteiger partial charge in [0.2, 0.25) is 0 Å². The van der Waals surface area contributed by atoms with Crippen molar-refractivity contribution >= 4 is 0 Å². The molecular weight excluding hydrogens is 251 g/mol. The lowest BCUT2D eigenvalue weighted by molar-refractivity contribution is 0.0493. The van der Waals surface area contributed by atoms with Crippen LogP contribution in [0.1, 0.15) is 52.1 Å². The van der Waals surface area contributed by atoms with Gasteiger partial charge in [-0.25, -0.2) is 4.39 Å². The maximum absolute atomic E-state index is 13.1. The topological polar surface area (TPSA) is 15.3 Å². The molecule has 1 aromatic rings. The predicted octanol–water partition coefficient (Wildman–Crippen LogP) is 3.74. The van der Waals surface area contributed by atoms with E-state index in [0.717, 1.165) is 25.9 Å². The van der Waals surface area contributed by atoms with E-state index in [0.29, 0.717) is 12.1 Å². The van der Waals surface area contributed by atoms with Gasteiger partial charge in [-0.1, -0.05) is 26.0 Å². The molecule has 0 amide bonds. The molecule has 1 fully saturated rings. The van der Waals surface area contributed by atoms with E-state index >= 15 is 0 Å². The van der Waals surface area contributed by atoms with Gasteiger partial charge in [-0.2, -0.15) is 0 Å². The summed E-state index contributed by atoms with van der Waals surface area (Å²) in [6.07, 6.45) is 2.26. The van der Waals surface area contributed by atoms with Crippen LogP contribution in [0.25, 0.3) is 0 Å². The van der Waals surface area contributed by atoms with Crippen LogP contribution in [-0.4, -0.2) is 29.6 Å². The molecule has 3 atom stereocenters. The fraction of sp³-hybridized carbons (Fsp3) is 0.647. The lowest BCUT2D eigenvalue weighted by atomic mass is 9.90. The third kappa shape index (κ3) is 3.21. The van der Waals surface area contributed by atoms with Crippen LogP contribution < -0.4 is 5.32 Å². The van der Waals surface area contributed by atoms with Crippen LogP contribution in [0.3, 0.4) is 0 Å². The molecule has 2 nitrogen and oxygen atoms in total. The van der Waals surface area contributed by atoms with Gasteiger partial charge in [0.05, 0.1) is 0 Å². The van der Waals surface area contributed by atoms with Gasteiger partial charge in [0, 0.05) is 30.7 Å². The highest BCUT2D eigenvalue weighted by Gasteiger charge is 2.36. The fourth-order valence-corrected chi connectivity index (χ4v) is 3.07. The van der Waals surface area contributed by atoms with Crippen molar-refractivity contribution in [3.63, 3.8) is 0 Å². The summed E-state index contributed by atoms with van der Waals surface area (Å²) in [6.45, 7) is 11.1. The van der Waals surface area contributed by atoms with E-state index in [1.165, 1.54) is 5.56 Å². The number of piperazine rings is 1. The zero-order chi connectivity index (χ0) is 14.8. The Morgan fingerprint density at radius 1 is 1.35 bits per heavy atom. The van der Waals surface area contributed by atoms with Gasteiger partial charge in [0.25, 0.3) is 0 Å². The van der Waals surface area contributed by atoms with Gasteiger partial charge >= 0.3 is 0 Å². The van der Waals surface area contributed by atoms with Crippen molar-refractivity contribution in [3.8, 4) is 0 Å². The Morgan fingerprint density at radius 3 is 2.55 bits per heavy atom. The molecule has 0 spiro atoms. The summed E-state index contributed by atoms with van der Waals surface area (Å²) in [6, 6.07) is 7.83. The second-order valence-corrected chi connectivity index (χ2v) is 6.26. The Labute approximate surface area is 122 Å². The van der Waals surface area contributed by atoms with Crippen molar-refractivity contribution in [1.29, 1.82) is 0 Å². The maximum atomic E-state index is 13.1. The van der Waals surface area contributed by atoms with Crippen molar-refractivity contribution < 1.29 is 4.39 Å². The van der Waals surface area contributed by atoms with Crippen LogP contribution >= 0.6 is 0 Å². The van der Waals surface area contributed by atoms with Gasteiger partial charge in [0.1, 0.15) is 5.82 Å². The van der Waals surface area contributed by atoms with E-state index in [-0.39, 0.29) is 11.4 Å². The average Bonchev–Trinajstić information content (AvgIpc) is 2.47. The Morgan fingerprint density at radius 2 is 2.00 bits per heavy atom. The molecule has 0 aromatic heterocycles. The van der Waals surface area contributed by atoms with E-state index < -0.39 is 0 Å². The van der Waals surface area contributed by atoms with Gasteiger partial charge in [-0.15, -0.1) is 0 Å². The molecule has 1 aromatic carbocycles. The number of benzene rings is 1. The first-order chi connectivity index (χ1) is 9.49. The highest BCUT2D eigenvalue weighted by molar-refractivity contribution is 5.20. The maximum Gasteiger partial charge on any atom is 0.123 e. The Bertz CT molecular complexity index is 431. The summed E-state index contributed by atoms with van der Waals surface area (Å²) in [5.41, 5.74) is 1.38. The van der Waals surface area contributed by atoms with E-state index in [2.05, 4.69) is 37.9 Å². The average molecular weight is 278 g/mol. The lowest BCUT2D eigenvalue weighted by Gasteiger charge is -2.48. The molecule has 1 N–H and O–H groups in total. The standard InChI is InChI=1S/C17H27FN2/c1-5-16-11-19-17(4,6-2)12-20(16)13(3)14-7-9-15(18)10-8-14/h7-10,13,16,19H,5-6,11-12H2,1-4H3. The summed E-state index contributed by atoms with van der Waals surface area (Å²) in [7, 11) is 0. The van der Waals surface area contributed by atoms with Crippen molar-refractivity contribution in [2.75, 3.05) is 13.1 Å². The molecule has 1 saturated heterocycles.